The molecule has 5 heteroatoms. The van der Waals surface area contributed by atoms with E-state index in [1.54, 1.807) is 18.2 Å². The van der Waals surface area contributed by atoms with E-state index in [2.05, 4.69) is 5.32 Å². The molecule has 23 heavy (non-hydrogen) atoms. The molecule has 1 amide bonds. The molecule has 0 heterocycles. The fraction of sp³-hybridized carbons (Fsp3) is 0.167. The maximum Gasteiger partial charge on any atom is 0.407 e. The summed E-state index contributed by atoms with van der Waals surface area (Å²) in [6.07, 6.45) is 2.62. The predicted octanol–water partition coefficient (Wildman–Crippen LogP) is 3.26. The van der Waals surface area contributed by atoms with E-state index in [0.717, 1.165) is 5.56 Å². The van der Waals surface area contributed by atoms with E-state index in [1.165, 1.54) is 12.1 Å². The second-order valence-electron chi connectivity index (χ2n) is 4.86. The lowest BCUT2D eigenvalue weighted by atomic mass is 10.1. The zero-order valence-electron chi connectivity index (χ0n) is 12.5. The van der Waals surface area contributed by atoms with E-state index in [9.17, 15) is 9.18 Å². The van der Waals surface area contributed by atoms with Gasteiger partial charge in [-0.15, -0.1) is 0 Å². The van der Waals surface area contributed by atoms with Crippen molar-refractivity contribution in [1.82, 2.24) is 5.32 Å². The molecule has 2 aromatic carbocycles. The van der Waals surface area contributed by atoms with E-state index >= 15 is 0 Å². The van der Waals surface area contributed by atoms with Crippen molar-refractivity contribution in [2.75, 3.05) is 6.54 Å². The van der Waals surface area contributed by atoms with Crippen molar-refractivity contribution in [2.45, 2.75) is 13.2 Å². The Labute approximate surface area is 134 Å². The van der Waals surface area contributed by atoms with Gasteiger partial charge in [0.05, 0.1) is 6.61 Å². The molecule has 0 aliphatic carbocycles. The summed E-state index contributed by atoms with van der Waals surface area (Å²) in [5, 5.41) is 11.6. The zero-order chi connectivity index (χ0) is 16.5. The van der Waals surface area contributed by atoms with Crippen LogP contribution in [0, 0.1) is 5.82 Å². The molecule has 0 saturated heterocycles. The number of aliphatic hydroxyl groups excluding tert-OH is 1. The number of carbonyl (C=O) groups excluding carboxylic acids is 1. The minimum absolute atomic E-state index is 0.148. The highest BCUT2D eigenvalue weighted by Gasteiger charge is 2.02. The van der Waals surface area contributed by atoms with Gasteiger partial charge in [-0.05, 0) is 23.3 Å². The van der Waals surface area contributed by atoms with E-state index in [0.29, 0.717) is 11.1 Å². The molecule has 0 saturated carbocycles. The third-order valence-corrected chi connectivity index (χ3v) is 3.12. The number of halogens is 1. The summed E-state index contributed by atoms with van der Waals surface area (Å²) in [4.78, 5) is 11.5. The summed E-state index contributed by atoms with van der Waals surface area (Å²) in [5.74, 6) is -0.384. The predicted molar refractivity (Wildman–Crippen MR) is 86.0 cm³/mol. The Morgan fingerprint density at radius 1 is 1.17 bits per heavy atom. The van der Waals surface area contributed by atoms with Gasteiger partial charge in [0.15, 0.2) is 0 Å². The summed E-state index contributed by atoms with van der Waals surface area (Å²) in [6, 6.07) is 13.7. The minimum Gasteiger partial charge on any atom is -0.445 e. The maximum absolute atomic E-state index is 13.6. The highest BCUT2D eigenvalue weighted by molar-refractivity contribution is 5.67. The molecule has 0 aromatic heterocycles. The highest BCUT2D eigenvalue weighted by Crippen LogP contribution is 2.12. The number of amides is 1. The number of hydrogen-bond acceptors (Lipinski definition) is 3. The van der Waals surface area contributed by atoms with Crippen LogP contribution in [0.5, 0.6) is 0 Å². The summed E-state index contributed by atoms with van der Waals surface area (Å²) < 4.78 is 18.6. The summed E-state index contributed by atoms with van der Waals surface area (Å²) in [7, 11) is 0. The average Bonchev–Trinajstić information content (AvgIpc) is 2.59. The molecule has 2 N–H and O–H groups in total. The number of ether oxygens (including phenoxy) is 1. The van der Waals surface area contributed by atoms with Crippen LogP contribution in [-0.4, -0.2) is 17.7 Å². The number of aliphatic hydroxyl groups is 1. The number of nitrogens with one attached hydrogen (secondary N) is 1. The van der Waals surface area contributed by atoms with Gasteiger partial charge in [-0.1, -0.05) is 48.6 Å². The molecule has 0 unspecified atom stereocenters. The van der Waals surface area contributed by atoms with Crippen LogP contribution in [0.1, 0.15) is 16.7 Å². The normalized spacial score (nSPS) is 10.7. The molecule has 0 radical (unpaired) electrons. The Hall–Kier alpha value is -2.66. The Bertz CT molecular complexity index is 671. The smallest absolute Gasteiger partial charge is 0.407 e. The highest BCUT2D eigenvalue weighted by atomic mass is 19.1. The van der Waals surface area contributed by atoms with Crippen LogP contribution in [0.25, 0.3) is 6.08 Å². The quantitative estimate of drug-likeness (QED) is 0.860. The Morgan fingerprint density at radius 3 is 2.70 bits per heavy atom. The van der Waals surface area contributed by atoms with Gasteiger partial charge in [0, 0.05) is 12.1 Å². The van der Waals surface area contributed by atoms with Crippen LogP contribution in [-0.2, 0) is 18.0 Å². The van der Waals surface area contributed by atoms with Crippen molar-refractivity contribution in [3.05, 3.63) is 77.1 Å². The van der Waals surface area contributed by atoms with Gasteiger partial charge in [0.2, 0.25) is 0 Å². The minimum atomic E-state index is -0.539. The van der Waals surface area contributed by atoms with E-state index in [-0.39, 0.29) is 25.6 Å². The van der Waals surface area contributed by atoms with Crippen LogP contribution < -0.4 is 5.32 Å². The SMILES string of the molecule is O=C(NCC=Cc1cc(CO)ccc1F)OCc1ccccc1. The van der Waals surface area contributed by atoms with Gasteiger partial charge >= 0.3 is 6.09 Å². The van der Waals surface area contributed by atoms with Crippen LogP contribution >= 0.6 is 0 Å². The molecule has 120 valence electrons. The first-order chi connectivity index (χ1) is 11.2. The first-order valence-electron chi connectivity index (χ1n) is 7.19. The van der Waals surface area contributed by atoms with Crippen LogP contribution in [0.3, 0.4) is 0 Å². The molecule has 0 atom stereocenters. The van der Waals surface area contributed by atoms with E-state index in [1.807, 2.05) is 30.3 Å². The van der Waals surface area contributed by atoms with E-state index in [4.69, 9.17) is 9.84 Å². The molecule has 0 spiro atoms. The molecular formula is C18H18FNO3. The molecule has 4 nitrogen and oxygen atoms in total. The molecule has 0 aliphatic heterocycles. The number of rotatable bonds is 6. The van der Waals surface area contributed by atoms with Crippen molar-refractivity contribution in [3.8, 4) is 0 Å². The third kappa shape index (κ3) is 5.56. The van der Waals surface area contributed by atoms with Gasteiger partial charge in [-0.2, -0.15) is 0 Å². The largest absolute Gasteiger partial charge is 0.445 e. The lowest BCUT2D eigenvalue weighted by Gasteiger charge is -2.05. The lowest BCUT2D eigenvalue weighted by molar-refractivity contribution is 0.141. The Balaban J connectivity index is 1.77. The summed E-state index contributed by atoms with van der Waals surface area (Å²) in [5.41, 5.74) is 1.89. The number of hydrogen-bond donors (Lipinski definition) is 2. The molecule has 0 aliphatic rings. The molecular weight excluding hydrogens is 297 g/mol. The van der Waals surface area contributed by atoms with Crippen molar-refractivity contribution in [2.24, 2.45) is 0 Å². The summed E-state index contributed by atoms with van der Waals surface area (Å²) >= 11 is 0. The van der Waals surface area contributed by atoms with Crippen molar-refractivity contribution < 1.29 is 19.0 Å². The van der Waals surface area contributed by atoms with Gasteiger partial charge in [0.25, 0.3) is 0 Å². The Kier molecular flexibility index (Phi) is 6.32. The topological polar surface area (TPSA) is 58.6 Å². The van der Waals surface area contributed by atoms with Gasteiger partial charge in [-0.25, -0.2) is 9.18 Å². The molecule has 0 fully saturated rings. The second kappa shape index (κ2) is 8.70. The standard InChI is InChI=1S/C18H18FNO3/c19-17-9-8-15(12-21)11-16(17)7-4-10-20-18(22)23-13-14-5-2-1-3-6-14/h1-9,11,21H,10,12-13H2,(H,20,22). The van der Waals surface area contributed by atoms with Crippen molar-refractivity contribution in [3.63, 3.8) is 0 Å². The van der Waals surface area contributed by atoms with Crippen LogP contribution in [0.15, 0.2) is 54.6 Å². The number of alkyl carbamates (subject to hydrolysis) is 1. The molecule has 2 aromatic rings. The molecule has 0 bridgehead atoms. The van der Waals surface area contributed by atoms with Gasteiger partial charge in [-0.3, -0.25) is 0 Å². The zero-order valence-corrected chi connectivity index (χ0v) is 12.5. The maximum atomic E-state index is 13.6. The Morgan fingerprint density at radius 2 is 1.96 bits per heavy atom. The summed E-state index contributed by atoms with van der Waals surface area (Å²) in [6.45, 7) is 0.269. The van der Waals surface area contributed by atoms with Crippen LogP contribution in [0.2, 0.25) is 0 Å². The first-order valence-corrected chi connectivity index (χ1v) is 7.19. The van der Waals surface area contributed by atoms with Gasteiger partial charge in [0.1, 0.15) is 12.4 Å². The van der Waals surface area contributed by atoms with E-state index < -0.39 is 6.09 Å². The number of benzene rings is 2. The molecule has 2 rings (SSSR count). The fourth-order valence-corrected chi connectivity index (χ4v) is 1.92. The number of carbonyl (C=O) groups is 1. The van der Waals surface area contributed by atoms with Gasteiger partial charge < -0.3 is 15.2 Å². The average molecular weight is 315 g/mol. The van der Waals surface area contributed by atoms with Crippen molar-refractivity contribution >= 4 is 12.2 Å². The van der Waals surface area contributed by atoms with Crippen molar-refractivity contribution in [1.29, 1.82) is 0 Å². The van der Waals surface area contributed by atoms with Crippen LogP contribution in [0.4, 0.5) is 9.18 Å². The monoisotopic (exact) mass is 315 g/mol. The first kappa shape index (κ1) is 16.7. The lowest BCUT2D eigenvalue weighted by Crippen LogP contribution is -2.24. The third-order valence-electron chi connectivity index (χ3n) is 3.12. The second-order valence-corrected chi connectivity index (χ2v) is 4.86. The fourth-order valence-electron chi connectivity index (χ4n) is 1.92.